The second kappa shape index (κ2) is 10.4. The zero-order valence-electron chi connectivity index (χ0n) is 1.67. The van der Waals surface area contributed by atoms with Gasteiger partial charge in [0.15, 0.2) is 0 Å². The summed E-state index contributed by atoms with van der Waals surface area (Å²) in [6.45, 7) is 0. The summed E-state index contributed by atoms with van der Waals surface area (Å²) in [4.78, 5) is 0. The van der Waals surface area contributed by atoms with Crippen LogP contribution in [0.15, 0.2) is 0 Å². The average Bonchev–Trinajstić information content (AvgIpc) is 0.918. The first-order valence-electron chi connectivity index (χ1n) is 0.365. The normalized spacial score (nSPS) is 2.00. The van der Waals surface area contributed by atoms with Crippen LogP contribution in [0.3, 0.4) is 0 Å². The van der Waals surface area contributed by atoms with E-state index in [0.29, 0.717) is 0 Å². The van der Waals surface area contributed by atoms with Crippen molar-refractivity contribution < 1.29 is 30.9 Å². The van der Waals surface area contributed by atoms with E-state index in [2.05, 4.69) is 0 Å². The van der Waals surface area contributed by atoms with E-state index in [4.69, 9.17) is 6.50 Å². The molecule has 0 heterocycles. The number of hydrogen-bond acceptors (Lipinski definition) is 2. The molecular formula is HFNbO2. The third kappa shape index (κ3) is 50.2. The summed E-state index contributed by atoms with van der Waals surface area (Å²) in [6, 6.07) is 0. The van der Waals surface area contributed by atoms with Crippen molar-refractivity contribution in [2.75, 3.05) is 0 Å². The van der Waals surface area contributed by atoms with Crippen molar-refractivity contribution >= 4 is 0 Å². The molecule has 0 saturated carbocycles. The van der Waals surface area contributed by atoms with Gasteiger partial charge in [0.05, 0.1) is 0 Å². The molecule has 0 spiro atoms. The topological polar surface area (TPSA) is 34.1 Å². The summed E-state index contributed by atoms with van der Waals surface area (Å²) in [5.74, 6) is 0. The molecule has 4 heteroatoms. The first kappa shape index (κ1) is 8.86. The summed E-state index contributed by atoms with van der Waals surface area (Å²) >= 11 is -2.15. The second-order valence-corrected chi connectivity index (χ2v) is 0.441. The predicted molar refractivity (Wildman–Crippen MR) is 3.88 cm³/mol. The fourth-order valence-electron chi connectivity index (χ4n) is 0. The van der Waals surface area contributed by atoms with Gasteiger partial charge in [-0.1, -0.05) is 0 Å². The Morgan fingerprint density at radius 2 is 1.25 bits per heavy atom. The molecule has 0 atom stereocenters. The molecule has 0 fully saturated rings. The number of halogens is 1. The zero-order valence-corrected chi connectivity index (χ0v) is 3.87. The maximum atomic E-state index is 8.52. The molecule has 0 N–H and O–H groups in total. The minimum absolute atomic E-state index is 0. The van der Waals surface area contributed by atoms with Crippen molar-refractivity contribution in [1.29, 1.82) is 0 Å². The maximum absolute atomic E-state index is 8.52. The van der Waals surface area contributed by atoms with Crippen LogP contribution in [0, 0.1) is 0 Å². The van der Waals surface area contributed by atoms with Gasteiger partial charge < -0.3 is 0 Å². The SMILES string of the molecule is F.[O]=[Nb]=[O]. The Labute approximate surface area is 31.6 Å². The van der Waals surface area contributed by atoms with Gasteiger partial charge in [-0.05, 0) is 0 Å². The van der Waals surface area contributed by atoms with Crippen LogP contribution in [0.1, 0.15) is 0 Å². The fourth-order valence-corrected chi connectivity index (χ4v) is 0. The van der Waals surface area contributed by atoms with Crippen molar-refractivity contribution in [3.8, 4) is 0 Å². The van der Waals surface area contributed by atoms with Crippen molar-refractivity contribution in [2.24, 2.45) is 0 Å². The monoisotopic (exact) mass is 145 g/mol. The van der Waals surface area contributed by atoms with Gasteiger partial charge in [0, 0.05) is 0 Å². The van der Waals surface area contributed by atoms with Gasteiger partial charge >= 0.3 is 26.2 Å². The van der Waals surface area contributed by atoms with Crippen LogP contribution in [0.2, 0.25) is 0 Å². The molecule has 0 aliphatic carbocycles. The molecule has 0 saturated heterocycles. The average molecular weight is 145 g/mol. The standard InChI is InChI=1S/FH.Nb.2O/h1H;;;. The van der Waals surface area contributed by atoms with E-state index in [1.54, 1.807) is 0 Å². The van der Waals surface area contributed by atoms with Crippen molar-refractivity contribution in [3.05, 3.63) is 0 Å². The summed E-state index contributed by atoms with van der Waals surface area (Å²) in [5, 5.41) is 0. The van der Waals surface area contributed by atoms with Gasteiger partial charge in [0.25, 0.3) is 0 Å². The third-order valence-corrected chi connectivity index (χ3v) is 0. The van der Waals surface area contributed by atoms with E-state index in [1.165, 1.54) is 0 Å². The van der Waals surface area contributed by atoms with Gasteiger partial charge in [-0.15, -0.1) is 0 Å². The Hall–Kier alpha value is 0.270. The molecular weight excluding hydrogens is 144 g/mol. The number of hydrogen-bond donors (Lipinski definition) is 0. The van der Waals surface area contributed by atoms with E-state index in [1.807, 2.05) is 0 Å². The predicted octanol–water partition coefficient (Wildman–Crippen LogP) is -0.0876. The molecule has 0 rings (SSSR count). The van der Waals surface area contributed by atoms with E-state index < -0.39 is 19.7 Å². The Morgan fingerprint density at radius 3 is 1.25 bits per heavy atom. The zero-order chi connectivity index (χ0) is 2.71. The van der Waals surface area contributed by atoms with Gasteiger partial charge in [-0.25, -0.2) is 0 Å². The van der Waals surface area contributed by atoms with Crippen LogP contribution in [0.25, 0.3) is 0 Å². The fraction of sp³-hybridized carbons (Fsp3) is 0. The Morgan fingerprint density at radius 1 is 1.25 bits per heavy atom. The molecule has 2 nitrogen and oxygen atoms in total. The van der Waals surface area contributed by atoms with Crippen LogP contribution in [-0.2, 0) is 26.2 Å². The molecule has 0 unspecified atom stereocenters. The first-order valence-corrected chi connectivity index (χ1v) is 2.16. The molecule has 0 amide bonds. The summed E-state index contributed by atoms with van der Waals surface area (Å²) in [6.07, 6.45) is 0. The first-order chi connectivity index (χ1) is 1.41. The van der Waals surface area contributed by atoms with Crippen LogP contribution >= 0.6 is 0 Å². The summed E-state index contributed by atoms with van der Waals surface area (Å²) in [7, 11) is 0. The van der Waals surface area contributed by atoms with Crippen LogP contribution in [0.5, 0.6) is 0 Å². The van der Waals surface area contributed by atoms with E-state index >= 15 is 0 Å². The van der Waals surface area contributed by atoms with Gasteiger partial charge in [-0.2, -0.15) is 0 Å². The molecule has 25 valence electrons. The molecule has 0 aliphatic rings. The van der Waals surface area contributed by atoms with E-state index in [0.717, 1.165) is 0 Å². The van der Waals surface area contributed by atoms with Crippen LogP contribution in [-0.4, -0.2) is 0 Å². The van der Waals surface area contributed by atoms with Gasteiger partial charge in [0.2, 0.25) is 0 Å². The second-order valence-electron chi connectivity index (χ2n) is 0.0745. The van der Waals surface area contributed by atoms with Crippen molar-refractivity contribution in [3.63, 3.8) is 0 Å². The third-order valence-electron chi connectivity index (χ3n) is 0. The quantitative estimate of drug-likeness (QED) is 0.446. The molecule has 0 radical (unpaired) electrons. The van der Waals surface area contributed by atoms with E-state index in [-0.39, 0.29) is 4.70 Å². The van der Waals surface area contributed by atoms with Crippen LogP contribution < -0.4 is 0 Å². The molecule has 4 heavy (non-hydrogen) atoms. The van der Waals surface area contributed by atoms with Crippen molar-refractivity contribution in [2.45, 2.75) is 0 Å². The minimum atomic E-state index is -2.15. The Kier molecular flexibility index (Phi) is 23.1. The van der Waals surface area contributed by atoms with Gasteiger partial charge in [-0.3, -0.25) is 4.70 Å². The van der Waals surface area contributed by atoms with Crippen LogP contribution in [0.4, 0.5) is 4.70 Å². The molecule has 0 aromatic carbocycles. The van der Waals surface area contributed by atoms with Crippen molar-refractivity contribution in [1.82, 2.24) is 0 Å². The molecule has 0 bridgehead atoms. The molecule has 0 aromatic heterocycles. The Balaban J connectivity index is 0. The van der Waals surface area contributed by atoms with Gasteiger partial charge in [0.1, 0.15) is 0 Å². The summed E-state index contributed by atoms with van der Waals surface area (Å²) < 4.78 is 17.0. The molecule has 0 aliphatic heterocycles. The van der Waals surface area contributed by atoms with E-state index in [9.17, 15) is 0 Å². The molecule has 0 aromatic rings. The Bertz CT molecular complexity index is 27.0. The summed E-state index contributed by atoms with van der Waals surface area (Å²) in [5.41, 5.74) is 0. The number of rotatable bonds is 0.